The number of methoxy groups -OCH3 is 1. The fraction of sp³-hybridized carbons (Fsp3) is 0.500. The van der Waals surface area contributed by atoms with Gasteiger partial charge in [0.15, 0.2) is 6.10 Å². The maximum atomic E-state index is 12.2. The highest BCUT2D eigenvalue weighted by molar-refractivity contribution is 6.32. The minimum Gasteiger partial charge on any atom is -0.479 e. The van der Waals surface area contributed by atoms with Crippen molar-refractivity contribution in [2.75, 3.05) is 7.11 Å². The molecule has 0 aliphatic carbocycles. The average molecular weight is 328 g/mol. The normalized spacial score (nSPS) is 13.4. The second-order valence-corrected chi connectivity index (χ2v) is 5.81. The monoisotopic (exact) mass is 327 g/mol. The molecule has 0 saturated heterocycles. The van der Waals surface area contributed by atoms with Gasteiger partial charge < -0.3 is 14.8 Å². The van der Waals surface area contributed by atoms with E-state index in [0.29, 0.717) is 17.2 Å². The van der Waals surface area contributed by atoms with Crippen LogP contribution >= 0.6 is 11.6 Å². The smallest absolute Gasteiger partial charge is 0.328 e. The van der Waals surface area contributed by atoms with Gasteiger partial charge in [0.05, 0.1) is 12.1 Å². The molecule has 22 heavy (non-hydrogen) atoms. The van der Waals surface area contributed by atoms with Gasteiger partial charge in [-0.3, -0.25) is 4.79 Å². The molecule has 0 aliphatic rings. The van der Waals surface area contributed by atoms with Gasteiger partial charge in [0.2, 0.25) is 0 Å². The Bertz CT molecular complexity index is 519. The van der Waals surface area contributed by atoms with Crippen LogP contribution in [0.25, 0.3) is 0 Å². The van der Waals surface area contributed by atoms with Crippen molar-refractivity contribution in [1.29, 1.82) is 0 Å². The lowest BCUT2D eigenvalue weighted by atomic mass is 10.0. The molecule has 0 aliphatic heterocycles. The van der Waals surface area contributed by atoms with E-state index in [1.807, 2.05) is 13.8 Å². The fourth-order valence-electron chi connectivity index (χ4n) is 1.90. The van der Waals surface area contributed by atoms with Crippen molar-refractivity contribution in [3.63, 3.8) is 0 Å². The van der Waals surface area contributed by atoms with Crippen LogP contribution in [0, 0.1) is 5.92 Å². The third-order valence-electron chi connectivity index (χ3n) is 3.02. The first kappa shape index (κ1) is 18.3. The summed E-state index contributed by atoms with van der Waals surface area (Å²) in [6, 6.07) is 6.21. The molecule has 1 N–H and O–H groups in total. The molecule has 1 aromatic rings. The lowest BCUT2D eigenvalue weighted by Gasteiger charge is -2.21. The number of rotatable bonds is 7. The van der Waals surface area contributed by atoms with E-state index in [1.54, 1.807) is 31.2 Å². The van der Waals surface area contributed by atoms with E-state index >= 15 is 0 Å². The maximum Gasteiger partial charge on any atom is 0.328 e. The minimum atomic E-state index is -0.779. The third kappa shape index (κ3) is 5.56. The Labute approximate surface area is 135 Å². The topological polar surface area (TPSA) is 64.6 Å². The minimum absolute atomic E-state index is 0.240. The Kier molecular flexibility index (Phi) is 7.18. The molecule has 0 fully saturated rings. The number of nitrogens with one attached hydrogen (secondary N) is 1. The van der Waals surface area contributed by atoms with Crippen molar-refractivity contribution in [3.05, 3.63) is 29.3 Å². The number of carbonyl (C=O) groups is 2. The van der Waals surface area contributed by atoms with Gasteiger partial charge in [0.25, 0.3) is 5.91 Å². The lowest BCUT2D eigenvalue weighted by molar-refractivity contribution is -0.146. The van der Waals surface area contributed by atoms with Gasteiger partial charge in [-0.1, -0.05) is 37.6 Å². The van der Waals surface area contributed by atoms with E-state index in [0.717, 1.165) is 0 Å². The van der Waals surface area contributed by atoms with Crippen molar-refractivity contribution in [2.24, 2.45) is 5.92 Å². The number of para-hydroxylation sites is 1. The van der Waals surface area contributed by atoms with Crippen LogP contribution in [0.5, 0.6) is 5.75 Å². The van der Waals surface area contributed by atoms with Gasteiger partial charge in [-0.25, -0.2) is 4.79 Å². The zero-order valence-electron chi connectivity index (χ0n) is 13.3. The quantitative estimate of drug-likeness (QED) is 0.782. The first-order chi connectivity index (χ1) is 10.3. The zero-order valence-corrected chi connectivity index (χ0v) is 14.0. The van der Waals surface area contributed by atoms with Gasteiger partial charge in [-0.2, -0.15) is 0 Å². The molecule has 0 spiro atoms. The molecule has 0 radical (unpaired) electrons. The van der Waals surface area contributed by atoms with Gasteiger partial charge in [0.1, 0.15) is 11.8 Å². The van der Waals surface area contributed by atoms with Crippen LogP contribution in [0.3, 0.4) is 0 Å². The lowest BCUT2D eigenvalue weighted by Crippen LogP contribution is -2.47. The van der Waals surface area contributed by atoms with E-state index in [-0.39, 0.29) is 5.92 Å². The SMILES string of the molecule is COC(=O)C(CC(C)C)NC(=O)C(C)Oc1ccccc1Cl. The van der Waals surface area contributed by atoms with E-state index in [1.165, 1.54) is 7.11 Å². The van der Waals surface area contributed by atoms with Gasteiger partial charge >= 0.3 is 5.97 Å². The molecule has 1 aromatic carbocycles. The first-order valence-corrected chi connectivity index (χ1v) is 7.52. The van der Waals surface area contributed by atoms with Crippen LogP contribution < -0.4 is 10.1 Å². The van der Waals surface area contributed by atoms with Crippen LogP contribution in [0.1, 0.15) is 27.2 Å². The Morgan fingerprint density at radius 3 is 2.41 bits per heavy atom. The molecule has 1 amide bonds. The second-order valence-electron chi connectivity index (χ2n) is 5.40. The zero-order chi connectivity index (χ0) is 16.7. The van der Waals surface area contributed by atoms with Gasteiger partial charge in [-0.05, 0) is 31.4 Å². The van der Waals surface area contributed by atoms with E-state index in [9.17, 15) is 9.59 Å². The Morgan fingerprint density at radius 2 is 1.86 bits per heavy atom. The third-order valence-corrected chi connectivity index (χ3v) is 3.33. The van der Waals surface area contributed by atoms with Crippen LogP contribution in [0.4, 0.5) is 0 Å². The number of ether oxygens (including phenoxy) is 2. The molecule has 5 nitrogen and oxygen atoms in total. The van der Waals surface area contributed by atoms with E-state index < -0.39 is 24.0 Å². The number of halogens is 1. The van der Waals surface area contributed by atoms with Crippen molar-refractivity contribution < 1.29 is 19.1 Å². The van der Waals surface area contributed by atoms with Gasteiger partial charge in [-0.15, -0.1) is 0 Å². The van der Waals surface area contributed by atoms with Crippen molar-refractivity contribution in [1.82, 2.24) is 5.32 Å². The molecular formula is C16H22ClNO4. The molecule has 0 aromatic heterocycles. The second kappa shape index (κ2) is 8.63. The van der Waals surface area contributed by atoms with Gasteiger partial charge in [0, 0.05) is 0 Å². The highest BCUT2D eigenvalue weighted by atomic mass is 35.5. The summed E-state index contributed by atoms with van der Waals surface area (Å²) in [6.45, 7) is 5.53. The number of benzene rings is 1. The van der Waals surface area contributed by atoms with Crippen LogP contribution in [0.15, 0.2) is 24.3 Å². The molecule has 6 heteroatoms. The number of hydrogen-bond donors (Lipinski definition) is 1. The highest BCUT2D eigenvalue weighted by Gasteiger charge is 2.25. The predicted molar refractivity (Wildman–Crippen MR) is 84.9 cm³/mol. The number of amides is 1. The summed E-state index contributed by atoms with van der Waals surface area (Å²) in [7, 11) is 1.30. The van der Waals surface area contributed by atoms with Crippen molar-refractivity contribution in [2.45, 2.75) is 39.3 Å². The summed E-state index contributed by atoms with van der Waals surface area (Å²) >= 11 is 5.99. The first-order valence-electron chi connectivity index (χ1n) is 7.14. The van der Waals surface area contributed by atoms with E-state index in [2.05, 4.69) is 5.32 Å². The molecule has 0 bridgehead atoms. The summed E-state index contributed by atoms with van der Waals surface area (Å²) in [5, 5.41) is 3.08. The summed E-state index contributed by atoms with van der Waals surface area (Å²) in [4.78, 5) is 23.9. The number of hydrogen-bond acceptors (Lipinski definition) is 4. The summed E-state index contributed by atoms with van der Waals surface area (Å²) in [6.07, 6.45) is -0.281. The molecular weight excluding hydrogens is 306 g/mol. The van der Waals surface area contributed by atoms with E-state index in [4.69, 9.17) is 21.1 Å². The summed E-state index contributed by atoms with van der Waals surface area (Å²) in [5.41, 5.74) is 0. The van der Waals surface area contributed by atoms with Crippen molar-refractivity contribution >= 4 is 23.5 Å². The average Bonchev–Trinajstić information content (AvgIpc) is 2.47. The predicted octanol–water partition coefficient (Wildman–Crippen LogP) is 2.81. The molecule has 2 unspecified atom stereocenters. The van der Waals surface area contributed by atoms with Crippen LogP contribution in [0.2, 0.25) is 5.02 Å². The van der Waals surface area contributed by atoms with Crippen LogP contribution in [-0.2, 0) is 14.3 Å². The standard InChI is InChI=1S/C16H22ClNO4/c1-10(2)9-13(16(20)21-4)18-15(19)11(3)22-14-8-6-5-7-12(14)17/h5-8,10-11,13H,9H2,1-4H3,(H,18,19). The number of carbonyl (C=O) groups excluding carboxylic acids is 2. The Hall–Kier alpha value is -1.75. The molecule has 2 atom stereocenters. The molecule has 0 saturated carbocycles. The summed E-state index contributed by atoms with van der Waals surface area (Å²) < 4.78 is 10.2. The molecule has 0 heterocycles. The Balaban J connectivity index is 2.68. The van der Waals surface area contributed by atoms with Crippen LogP contribution in [-0.4, -0.2) is 31.1 Å². The summed E-state index contributed by atoms with van der Waals surface area (Å²) in [5.74, 6) is -0.197. The number of esters is 1. The fourth-order valence-corrected chi connectivity index (χ4v) is 2.08. The highest BCUT2D eigenvalue weighted by Crippen LogP contribution is 2.24. The van der Waals surface area contributed by atoms with Crippen molar-refractivity contribution in [3.8, 4) is 5.75 Å². The maximum absolute atomic E-state index is 12.2. The molecule has 122 valence electrons. The largest absolute Gasteiger partial charge is 0.479 e. The Morgan fingerprint density at radius 1 is 1.23 bits per heavy atom. The molecule has 1 rings (SSSR count).